The minimum atomic E-state index is -1.13. The molecule has 0 aromatic heterocycles. The number of hydrogen-bond acceptors (Lipinski definition) is 1. The Labute approximate surface area is 89.5 Å². The van der Waals surface area contributed by atoms with Gasteiger partial charge < -0.3 is 4.57 Å². The van der Waals surface area contributed by atoms with Gasteiger partial charge in [0, 0.05) is 11.9 Å². The third-order valence-corrected chi connectivity index (χ3v) is 5.17. The summed E-state index contributed by atoms with van der Waals surface area (Å²) in [6.07, 6.45) is 2.36. The van der Waals surface area contributed by atoms with Crippen molar-refractivity contribution in [3.8, 4) is 0 Å². The van der Waals surface area contributed by atoms with Gasteiger partial charge in [-0.15, -0.1) is 11.6 Å². The molecule has 1 atom stereocenters. The first-order valence-corrected chi connectivity index (χ1v) is 9.24. The van der Waals surface area contributed by atoms with Crippen molar-refractivity contribution in [3.05, 3.63) is 0 Å². The number of nitrogens with zero attached hydrogens (tertiary/aromatic N) is 1. The average Bonchev–Trinajstić information content (AvgIpc) is 2.02. The lowest BCUT2D eigenvalue weighted by Gasteiger charge is -2.38. The molecule has 1 unspecified atom stereocenters. The van der Waals surface area contributed by atoms with Crippen LogP contribution in [-0.4, -0.2) is 31.3 Å². The number of halogens is 1. The van der Waals surface area contributed by atoms with E-state index in [9.17, 15) is 0 Å². The summed E-state index contributed by atoms with van der Waals surface area (Å²) in [5.41, 5.74) is 0. The molecular weight excluding hydrogens is 198 g/mol. The molecule has 0 radical (unpaired) electrons. The van der Waals surface area contributed by atoms with Crippen LogP contribution in [0.5, 0.6) is 0 Å². The molecule has 0 fully saturated rings. The van der Waals surface area contributed by atoms with Gasteiger partial charge in [0.1, 0.15) is 8.24 Å². The van der Waals surface area contributed by atoms with Gasteiger partial charge in [0.05, 0.1) is 0 Å². The zero-order valence-electron chi connectivity index (χ0n) is 9.73. The monoisotopic (exact) mass is 221 g/mol. The Morgan fingerprint density at radius 3 is 2.15 bits per heavy atom. The lowest BCUT2D eigenvalue weighted by atomic mass is 10.2. The molecule has 0 aliphatic heterocycles. The number of alkyl halides is 1. The van der Waals surface area contributed by atoms with Gasteiger partial charge in [-0.05, 0) is 19.4 Å². The van der Waals surface area contributed by atoms with Crippen molar-refractivity contribution in [3.63, 3.8) is 0 Å². The van der Waals surface area contributed by atoms with Gasteiger partial charge in [0.2, 0.25) is 0 Å². The van der Waals surface area contributed by atoms with Crippen LogP contribution in [0, 0.1) is 0 Å². The van der Waals surface area contributed by atoms with E-state index < -0.39 is 8.24 Å². The molecule has 1 nitrogen and oxygen atoms in total. The highest BCUT2D eigenvalue weighted by Gasteiger charge is 2.26. The zero-order valence-corrected chi connectivity index (χ0v) is 11.5. The Kier molecular flexibility index (Phi) is 6.26. The Hall–Kier alpha value is 0.467. The molecule has 0 saturated carbocycles. The van der Waals surface area contributed by atoms with Crippen LogP contribution in [0.1, 0.15) is 26.7 Å². The van der Waals surface area contributed by atoms with Gasteiger partial charge in [-0.25, -0.2) is 0 Å². The maximum Gasteiger partial charge on any atom is 0.119 e. The third kappa shape index (κ3) is 5.04. The van der Waals surface area contributed by atoms with Crippen LogP contribution in [0.25, 0.3) is 0 Å². The van der Waals surface area contributed by atoms with Crippen molar-refractivity contribution >= 4 is 19.8 Å². The van der Waals surface area contributed by atoms with E-state index in [1.165, 1.54) is 13.0 Å². The van der Waals surface area contributed by atoms with Crippen LogP contribution in [0.15, 0.2) is 0 Å². The fourth-order valence-corrected chi connectivity index (χ4v) is 4.12. The van der Waals surface area contributed by atoms with Crippen LogP contribution >= 0.6 is 11.6 Å². The molecule has 0 spiro atoms. The van der Waals surface area contributed by atoms with E-state index in [0.717, 1.165) is 18.3 Å². The second kappa shape index (κ2) is 6.05. The number of hydrogen-bond donors (Lipinski definition) is 0. The second-order valence-corrected chi connectivity index (χ2v) is 9.96. The van der Waals surface area contributed by atoms with E-state index in [1.54, 1.807) is 0 Å². The standard InChI is InChI=1S/C10H24ClNSi/c1-6-10(2)12(9-7-8-11)13(3,4)5/h10H,6-9H2,1-5H3. The predicted octanol–water partition coefficient (Wildman–Crippen LogP) is 3.55. The van der Waals surface area contributed by atoms with E-state index >= 15 is 0 Å². The summed E-state index contributed by atoms with van der Waals surface area (Å²) >= 11 is 5.73. The highest BCUT2D eigenvalue weighted by atomic mass is 35.5. The van der Waals surface area contributed by atoms with Crippen LogP contribution in [0.2, 0.25) is 19.6 Å². The van der Waals surface area contributed by atoms with E-state index in [0.29, 0.717) is 0 Å². The summed E-state index contributed by atoms with van der Waals surface area (Å²) < 4.78 is 2.68. The molecule has 0 saturated heterocycles. The van der Waals surface area contributed by atoms with Gasteiger partial charge in [0.25, 0.3) is 0 Å². The summed E-state index contributed by atoms with van der Waals surface area (Å²) in [6.45, 7) is 13.0. The minimum Gasteiger partial charge on any atom is -0.321 e. The second-order valence-electron chi connectivity index (χ2n) is 4.66. The summed E-state index contributed by atoms with van der Waals surface area (Å²) in [5.74, 6) is 0.789. The van der Waals surface area contributed by atoms with E-state index in [-0.39, 0.29) is 0 Å². The first-order chi connectivity index (χ1) is 5.93. The maximum atomic E-state index is 5.73. The highest BCUT2D eigenvalue weighted by molar-refractivity contribution is 6.73. The van der Waals surface area contributed by atoms with Crippen molar-refractivity contribution in [1.29, 1.82) is 0 Å². The predicted molar refractivity (Wildman–Crippen MR) is 65.1 cm³/mol. The minimum absolute atomic E-state index is 0.717. The molecule has 3 heteroatoms. The third-order valence-electron chi connectivity index (χ3n) is 2.52. The van der Waals surface area contributed by atoms with Gasteiger partial charge in [-0.3, -0.25) is 0 Å². The molecule has 0 aromatic rings. The van der Waals surface area contributed by atoms with Crippen molar-refractivity contribution < 1.29 is 0 Å². The zero-order chi connectivity index (χ0) is 10.5. The van der Waals surface area contributed by atoms with Crippen molar-refractivity contribution in [2.75, 3.05) is 12.4 Å². The Morgan fingerprint density at radius 2 is 1.85 bits per heavy atom. The van der Waals surface area contributed by atoms with Gasteiger partial charge in [-0.1, -0.05) is 33.5 Å². The highest BCUT2D eigenvalue weighted by Crippen LogP contribution is 2.16. The molecule has 0 bridgehead atoms. The molecule has 0 N–H and O–H groups in total. The summed E-state index contributed by atoms with van der Waals surface area (Å²) in [4.78, 5) is 0. The lowest BCUT2D eigenvalue weighted by Crippen LogP contribution is -2.51. The SMILES string of the molecule is CCC(C)N(CCCCl)[Si](C)(C)C. The molecule has 0 aliphatic carbocycles. The normalized spacial score (nSPS) is 15.0. The topological polar surface area (TPSA) is 3.24 Å². The molecule has 80 valence electrons. The van der Waals surface area contributed by atoms with E-state index in [1.807, 2.05) is 0 Å². The van der Waals surface area contributed by atoms with Crippen LogP contribution in [-0.2, 0) is 0 Å². The molecule has 0 aromatic carbocycles. The molecular formula is C10H24ClNSi. The maximum absolute atomic E-state index is 5.73. The summed E-state index contributed by atoms with van der Waals surface area (Å²) in [6, 6.07) is 0.717. The first-order valence-electron chi connectivity index (χ1n) is 5.26. The lowest BCUT2D eigenvalue weighted by molar-refractivity contribution is 0.327. The molecule has 0 heterocycles. The average molecular weight is 222 g/mol. The quantitative estimate of drug-likeness (QED) is 0.490. The van der Waals surface area contributed by atoms with Crippen molar-refractivity contribution in [1.82, 2.24) is 4.57 Å². The largest absolute Gasteiger partial charge is 0.321 e. The Morgan fingerprint density at radius 1 is 1.31 bits per heavy atom. The smallest absolute Gasteiger partial charge is 0.119 e. The van der Waals surface area contributed by atoms with Crippen LogP contribution in [0.3, 0.4) is 0 Å². The fraction of sp³-hybridized carbons (Fsp3) is 1.00. The van der Waals surface area contributed by atoms with E-state index in [4.69, 9.17) is 11.6 Å². The van der Waals surface area contributed by atoms with E-state index in [2.05, 4.69) is 38.1 Å². The van der Waals surface area contributed by atoms with Crippen molar-refractivity contribution in [2.45, 2.75) is 52.4 Å². The first kappa shape index (κ1) is 13.5. The Balaban J connectivity index is 4.19. The van der Waals surface area contributed by atoms with Crippen LogP contribution in [0.4, 0.5) is 0 Å². The molecule has 0 aliphatic rings. The summed E-state index contributed by atoms with van der Waals surface area (Å²) in [5, 5.41) is 0. The molecule has 0 rings (SSSR count). The molecule has 13 heavy (non-hydrogen) atoms. The molecule has 0 amide bonds. The van der Waals surface area contributed by atoms with Gasteiger partial charge in [0.15, 0.2) is 0 Å². The summed E-state index contributed by atoms with van der Waals surface area (Å²) in [7, 11) is -1.13. The fourth-order valence-electron chi connectivity index (χ4n) is 1.67. The van der Waals surface area contributed by atoms with Gasteiger partial charge in [-0.2, -0.15) is 0 Å². The Bertz CT molecular complexity index is 133. The number of rotatable bonds is 6. The van der Waals surface area contributed by atoms with Crippen molar-refractivity contribution in [2.24, 2.45) is 0 Å². The van der Waals surface area contributed by atoms with Crippen LogP contribution < -0.4 is 0 Å². The van der Waals surface area contributed by atoms with Gasteiger partial charge >= 0.3 is 0 Å².